The zero-order valence-electron chi connectivity index (χ0n) is 23.0. The second-order valence-electron chi connectivity index (χ2n) is 10.4. The standard InChI is InChI=1S/C32H33N5O3/c1-35-28-8-9-29(35)27(19-23-7-11-31(40-3)25(17-23)21-37-15-5-13-34-37)32(38)26(28)18-22-6-10-30(39-2)24(16-22)20-36-14-4-12-33-36/h4-7,10-19,28-29H,8-9,20-21H2,1-3H3/b26-18+,27-19+/t28-,29-/m1/s1. The maximum absolute atomic E-state index is 14.0. The molecule has 4 heterocycles. The molecule has 4 aromatic rings. The number of hydrogen-bond acceptors (Lipinski definition) is 6. The lowest BCUT2D eigenvalue weighted by Gasteiger charge is -2.34. The first-order valence-electron chi connectivity index (χ1n) is 13.5. The van der Waals surface area contributed by atoms with Crippen LogP contribution in [0.4, 0.5) is 0 Å². The molecule has 2 aromatic carbocycles. The van der Waals surface area contributed by atoms with Gasteiger partial charge in [-0.15, -0.1) is 0 Å². The molecule has 40 heavy (non-hydrogen) atoms. The average Bonchev–Trinajstić information content (AvgIpc) is 3.73. The zero-order chi connectivity index (χ0) is 27.6. The highest BCUT2D eigenvalue weighted by atomic mass is 16.5. The van der Waals surface area contributed by atoms with E-state index in [2.05, 4.69) is 46.4 Å². The van der Waals surface area contributed by atoms with Crippen LogP contribution in [-0.4, -0.2) is 63.6 Å². The van der Waals surface area contributed by atoms with Crippen molar-refractivity contribution in [3.63, 3.8) is 0 Å². The Morgan fingerprint density at radius 2 is 1.27 bits per heavy atom. The van der Waals surface area contributed by atoms with Crippen molar-refractivity contribution < 1.29 is 14.3 Å². The summed E-state index contributed by atoms with van der Waals surface area (Å²) in [5.74, 6) is 1.73. The topological polar surface area (TPSA) is 74.4 Å². The summed E-state index contributed by atoms with van der Waals surface area (Å²) in [6.07, 6.45) is 13.4. The molecule has 6 rings (SSSR count). The van der Waals surface area contributed by atoms with Crippen molar-refractivity contribution in [2.45, 2.75) is 38.0 Å². The van der Waals surface area contributed by atoms with Crippen LogP contribution in [0.15, 0.2) is 84.5 Å². The second-order valence-corrected chi connectivity index (χ2v) is 10.4. The van der Waals surface area contributed by atoms with Crippen molar-refractivity contribution in [2.75, 3.05) is 21.3 Å². The van der Waals surface area contributed by atoms with Crippen LogP contribution >= 0.6 is 0 Å². The van der Waals surface area contributed by atoms with Gasteiger partial charge in [-0.3, -0.25) is 19.1 Å². The molecule has 8 heteroatoms. The van der Waals surface area contributed by atoms with E-state index >= 15 is 0 Å². The van der Waals surface area contributed by atoms with E-state index in [-0.39, 0.29) is 17.9 Å². The summed E-state index contributed by atoms with van der Waals surface area (Å²) in [7, 11) is 5.48. The molecule has 2 aromatic heterocycles. The Kier molecular flexibility index (Phi) is 7.09. The zero-order valence-corrected chi connectivity index (χ0v) is 23.0. The summed E-state index contributed by atoms with van der Waals surface area (Å²) in [6, 6.07) is 16.2. The van der Waals surface area contributed by atoms with Crippen molar-refractivity contribution >= 4 is 17.9 Å². The van der Waals surface area contributed by atoms with Gasteiger partial charge in [-0.2, -0.15) is 10.2 Å². The van der Waals surface area contributed by atoms with Crippen LogP contribution < -0.4 is 9.47 Å². The number of benzene rings is 2. The Morgan fingerprint density at radius 1 is 0.800 bits per heavy atom. The summed E-state index contributed by atoms with van der Waals surface area (Å²) in [5, 5.41) is 8.67. The molecule has 0 saturated carbocycles. The maximum Gasteiger partial charge on any atom is 0.188 e. The lowest BCUT2D eigenvalue weighted by molar-refractivity contribution is -0.114. The number of fused-ring (bicyclic) bond motifs is 2. The summed E-state index contributed by atoms with van der Waals surface area (Å²) in [6.45, 7) is 1.19. The van der Waals surface area contributed by atoms with E-state index in [4.69, 9.17) is 9.47 Å². The van der Waals surface area contributed by atoms with E-state index in [0.717, 1.165) is 57.7 Å². The number of Topliss-reactive ketones (excluding diaryl/α,β-unsaturated/α-hetero) is 1. The van der Waals surface area contributed by atoms with Gasteiger partial charge < -0.3 is 9.47 Å². The Balaban J connectivity index is 1.35. The third kappa shape index (κ3) is 4.98. The molecule has 0 aliphatic carbocycles. The minimum atomic E-state index is 0.109. The van der Waals surface area contributed by atoms with E-state index in [0.29, 0.717) is 13.1 Å². The lowest BCUT2D eigenvalue weighted by Crippen LogP contribution is -2.43. The Morgan fingerprint density at radius 3 is 1.68 bits per heavy atom. The van der Waals surface area contributed by atoms with Gasteiger partial charge in [-0.25, -0.2) is 0 Å². The molecule has 0 unspecified atom stereocenters. The number of methoxy groups -OCH3 is 2. The molecular weight excluding hydrogens is 502 g/mol. The summed E-state index contributed by atoms with van der Waals surface area (Å²) in [4.78, 5) is 16.4. The Hall–Kier alpha value is -4.43. The van der Waals surface area contributed by atoms with Crippen LogP contribution in [0.2, 0.25) is 0 Å². The first-order valence-corrected chi connectivity index (χ1v) is 13.5. The monoisotopic (exact) mass is 535 g/mol. The summed E-state index contributed by atoms with van der Waals surface area (Å²) < 4.78 is 15.0. The van der Waals surface area contributed by atoms with E-state index in [9.17, 15) is 4.79 Å². The number of rotatable bonds is 8. The van der Waals surface area contributed by atoms with E-state index in [1.165, 1.54) is 0 Å². The van der Waals surface area contributed by atoms with Crippen LogP contribution in [0.1, 0.15) is 35.1 Å². The normalized spacial score (nSPS) is 20.9. The molecule has 0 N–H and O–H groups in total. The molecule has 2 aliphatic heterocycles. The quantitative estimate of drug-likeness (QED) is 0.305. The van der Waals surface area contributed by atoms with Gasteiger partial charge in [0.1, 0.15) is 11.5 Å². The van der Waals surface area contributed by atoms with Gasteiger partial charge in [-0.05, 0) is 79.6 Å². The highest BCUT2D eigenvalue weighted by Crippen LogP contribution is 2.41. The number of ether oxygens (including phenoxy) is 2. The number of carbonyl (C=O) groups excluding carboxylic acids is 1. The first-order chi connectivity index (χ1) is 19.5. The van der Waals surface area contributed by atoms with Gasteiger partial charge in [0.05, 0.1) is 27.3 Å². The Bertz CT molecular complexity index is 1450. The van der Waals surface area contributed by atoms with Gasteiger partial charge in [0.2, 0.25) is 0 Å². The fourth-order valence-electron chi connectivity index (χ4n) is 6.00. The van der Waals surface area contributed by atoms with Crippen LogP contribution in [0.3, 0.4) is 0 Å². The van der Waals surface area contributed by atoms with Crippen molar-refractivity contribution in [1.29, 1.82) is 0 Å². The SMILES string of the molecule is COc1ccc(/C=C2/C(=O)/C(=C/c3ccc(OC)c(Cn4cccn4)c3)[C@H]3CC[C@H]2N3C)cc1Cn1cccn1. The van der Waals surface area contributed by atoms with Crippen molar-refractivity contribution in [1.82, 2.24) is 24.5 Å². The Labute approximate surface area is 234 Å². The summed E-state index contributed by atoms with van der Waals surface area (Å²) in [5.41, 5.74) is 5.66. The molecule has 2 aliphatic rings. The average molecular weight is 536 g/mol. The second kappa shape index (κ2) is 11.0. The number of hydrogen-bond donors (Lipinski definition) is 0. The fraction of sp³-hybridized carbons (Fsp3) is 0.281. The molecule has 0 radical (unpaired) electrons. The number of likely N-dealkylation sites (N-methyl/N-ethyl adjacent to an activating group) is 1. The van der Waals surface area contributed by atoms with Gasteiger partial charge >= 0.3 is 0 Å². The molecule has 2 atom stereocenters. The summed E-state index contributed by atoms with van der Waals surface area (Å²) >= 11 is 0. The van der Waals surface area contributed by atoms with E-state index in [1.54, 1.807) is 26.6 Å². The van der Waals surface area contributed by atoms with E-state index in [1.807, 2.05) is 58.2 Å². The van der Waals surface area contributed by atoms with Crippen LogP contribution in [-0.2, 0) is 17.9 Å². The first kappa shape index (κ1) is 25.8. The number of nitrogens with zero attached hydrogens (tertiary/aromatic N) is 5. The van der Waals surface area contributed by atoms with Gasteiger partial charge in [-0.1, -0.05) is 12.1 Å². The third-order valence-corrected chi connectivity index (χ3v) is 7.98. The maximum atomic E-state index is 14.0. The van der Waals surface area contributed by atoms with Crippen LogP contribution in [0.5, 0.6) is 11.5 Å². The molecule has 2 bridgehead atoms. The predicted octanol–water partition coefficient (Wildman–Crippen LogP) is 4.71. The molecule has 2 fully saturated rings. The van der Waals surface area contributed by atoms with Gasteiger partial charge in [0, 0.05) is 59.1 Å². The molecular formula is C32H33N5O3. The number of aromatic nitrogens is 4. The predicted molar refractivity (Wildman–Crippen MR) is 154 cm³/mol. The molecule has 204 valence electrons. The van der Waals surface area contributed by atoms with E-state index < -0.39 is 0 Å². The number of carbonyl (C=O) groups is 1. The van der Waals surface area contributed by atoms with Gasteiger partial charge in [0.25, 0.3) is 0 Å². The lowest BCUT2D eigenvalue weighted by atomic mass is 9.88. The van der Waals surface area contributed by atoms with Crippen molar-refractivity contribution in [3.8, 4) is 11.5 Å². The van der Waals surface area contributed by atoms with Crippen molar-refractivity contribution in [3.05, 3.63) is 107 Å². The van der Waals surface area contributed by atoms with Crippen molar-refractivity contribution in [2.24, 2.45) is 0 Å². The highest BCUT2D eigenvalue weighted by molar-refractivity contribution is 6.16. The van der Waals surface area contributed by atoms with Crippen LogP contribution in [0.25, 0.3) is 12.2 Å². The number of piperidine rings is 1. The van der Waals surface area contributed by atoms with Gasteiger partial charge in [0.15, 0.2) is 5.78 Å². The molecule has 0 amide bonds. The third-order valence-electron chi connectivity index (χ3n) is 7.98. The minimum absolute atomic E-state index is 0.109. The molecule has 0 spiro atoms. The van der Waals surface area contributed by atoms with Crippen LogP contribution in [0, 0.1) is 0 Å². The largest absolute Gasteiger partial charge is 0.496 e. The fourth-order valence-corrected chi connectivity index (χ4v) is 6.00. The highest BCUT2D eigenvalue weighted by Gasteiger charge is 2.44. The molecule has 8 nitrogen and oxygen atoms in total. The number of ketones is 1. The smallest absolute Gasteiger partial charge is 0.188 e. The molecule has 2 saturated heterocycles. The minimum Gasteiger partial charge on any atom is -0.496 e.